The lowest BCUT2D eigenvalue weighted by molar-refractivity contribution is 0.102. The Kier molecular flexibility index (Phi) is 2.97. The van der Waals surface area contributed by atoms with Crippen LogP contribution >= 0.6 is 11.3 Å². The average Bonchev–Trinajstić information content (AvgIpc) is 2.68. The van der Waals surface area contributed by atoms with Crippen LogP contribution in [0.4, 0.5) is 5.13 Å². The number of thiazole rings is 1. The molecule has 0 saturated carbocycles. The van der Waals surface area contributed by atoms with Gasteiger partial charge in [0.25, 0.3) is 5.91 Å². The number of amides is 1. The third-order valence-electron chi connectivity index (χ3n) is 2.08. The Morgan fingerprint density at radius 2 is 2.12 bits per heavy atom. The zero-order valence-corrected chi connectivity index (χ0v) is 9.78. The van der Waals surface area contributed by atoms with Gasteiger partial charge in [0, 0.05) is 10.9 Å². The Morgan fingerprint density at radius 3 is 2.71 bits per heavy atom. The molecule has 0 fully saturated rings. The molecule has 0 aliphatic rings. The molecule has 88 valence electrons. The van der Waals surface area contributed by atoms with Crippen molar-refractivity contribution < 1.29 is 15.0 Å². The molecule has 0 aliphatic heterocycles. The largest absolute Gasteiger partial charge is 0.504 e. The van der Waals surface area contributed by atoms with Crippen LogP contribution in [-0.4, -0.2) is 21.1 Å². The fraction of sp³-hybridized carbons (Fsp3) is 0.0909. The number of aromatic nitrogens is 1. The van der Waals surface area contributed by atoms with Crippen molar-refractivity contribution >= 4 is 22.4 Å². The van der Waals surface area contributed by atoms with Gasteiger partial charge < -0.3 is 10.2 Å². The third-order valence-corrected chi connectivity index (χ3v) is 2.95. The number of hydrogen-bond acceptors (Lipinski definition) is 5. The van der Waals surface area contributed by atoms with Gasteiger partial charge in [-0.05, 0) is 25.1 Å². The van der Waals surface area contributed by atoms with Crippen molar-refractivity contribution in [3.8, 4) is 11.5 Å². The van der Waals surface area contributed by atoms with Gasteiger partial charge >= 0.3 is 0 Å². The first-order chi connectivity index (χ1) is 8.06. The summed E-state index contributed by atoms with van der Waals surface area (Å²) < 4.78 is 0. The SMILES string of the molecule is Cc1csc(NC(=O)c2ccc(O)c(O)c2)n1. The summed E-state index contributed by atoms with van der Waals surface area (Å²) in [6.07, 6.45) is 0. The quantitative estimate of drug-likeness (QED) is 0.713. The summed E-state index contributed by atoms with van der Waals surface area (Å²) in [5.74, 6) is -0.964. The van der Waals surface area contributed by atoms with Gasteiger partial charge in [0.05, 0.1) is 5.69 Å². The highest BCUT2D eigenvalue weighted by molar-refractivity contribution is 7.13. The van der Waals surface area contributed by atoms with Crippen LogP contribution in [0.2, 0.25) is 0 Å². The molecule has 0 saturated heterocycles. The molecule has 5 nitrogen and oxygen atoms in total. The number of aryl methyl sites for hydroxylation is 1. The maximum Gasteiger partial charge on any atom is 0.257 e. The molecule has 2 rings (SSSR count). The van der Waals surface area contributed by atoms with Crippen LogP contribution in [0.1, 0.15) is 16.1 Å². The van der Waals surface area contributed by atoms with E-state index >= 15 is 0 Å². The van der Waals surface area contributed by atoms with Crippen molar-refractivity contribution in [3.63, 3.8) is 0 Å². The van der Waals surface area contributed by atoms with E-state index in [1.165, 1.54) is 29.5 Å². The smallest absolute Gasteiger partial charge is 0.257 e. The van der Waals surface area contributed by atoms with E-state index in [9.17, 15) is 9.90 Å². The molecular weight excluding hydrogens is 240 g/mol. The lowest BCUT2D eigenvalue weighted by Crippen LogP contribution is -2.11. The van der Waals surface area contributed by atoms with Gasteiger partial charge in [-0.1, -0.05) is 0 Å². The zero-order chi connectivity index (χ0) is 12.4. The molecule has 1 heterocycles. The predicted molar refractivity (Wildman–Crippen MR) is 64.6 cm³/mol. The third kappa shape index (κ3) is 2.54. The van der Waals surface area contributed by atoms with Crippen LogP contribution in [0.3, 0.4) is 0 Å². The van der Waals surface area contributed by atoms with E-state index in [1.807, 2.05) is 12.3 Å². The van der Waals surface area contributed by atoms with Crippen molar-refractivity contribution in [1.29, 1.82) is 0 Å². The Bertz CT molecular complexity index is 566. The number of carbonyl (C=O) groups is 1. The van der Waals surface area contributed by atoms with Gasteiger partial charge in [0.2, 0.25) is 0 Å². The van der Waals surface area contributed by atoms with Crippen LogP contribution in [-0.2, 0) is 0 Å². The highest BCUT2D eigenvalue weighted by atomic mass is 32.1. The van der Waals surface area contributed by atoms with Crippen molar-refractivity contribution in [2.24, 2.45) is 0 Å². The second-order valence-corrected chi connectivity index (χ2v) is 4.31. The van der Waals surface area contributed by atoms with Crippen LogP contribution in [0, 0.1) is 6.92 Å². The first-order valence-electron chi connectivity index (χ1n) is 4.82. The molecule has 0 bridgehead atoms. The molecule has 1 aromatic carbocycles. The number of anilines is 1. The van der Waals surface area contributed by atoms with Gasteiger partial charge in [-0.2, -0.15) is 0 Å². The van der Waals surface area contributed by atoms with Crippen LogP contribution < -0.4 is 5.32 Å². The topological polar surface area (TPSA) is 82.5 Å². The number of phenols is 2. The maximum atomic E-state index is 11.7. The van der Waals surface area contributed by atoms with Gasteiger partial charge in [0.15, 0.2) is 16.6 Å². The van der Waals surface area contributed by atoms with E-state index in [4.69, 9.17) is 5.11 Å². The lowest BCUT2D eigenvalue weighted by Gasteiger charge is -2.03. The number of nitrogens with zero attached hydrogens (tertiary/aromatic N) is 1. The minimum absolute atomic E-state index is 0.258. The highest BCUT2D eigenvalue weighted by Crippen LogP contribution is 2.25. The molecular formula is C11H10N2O3S. The number of rotatable bonds is 2. The molecule has 0 atom stereocenters. The number of aromatic hydroxyl groups is 2. The van der Waals surface area contributed by atoms with Crippen LogP contribution in [0.25, 0.3) is 0 Å². The van der Waals surface area contributed by atoms with Gasteiger partial charge in [-0.3, -0.25) is 10.1 Å². The summed E-state index contributed by atoms with van der Waals surface area (Å²) >= 11 is 1.32. The Labute approximate surface area is 101 Å². The summed E-state index contributed by atoms with van der Waals surface area (Å²) in [6.45, 7) is 1.83. The highest BCUT2D eigenvalue weighted by Gasteiger charge is 2.10. The van der Waals surface area contributed by atoms with Crippen molar-refractivity contribution in [2.75, 3.05) is 5.32 Å². The number of benzene rings is 1. The van der Waals surface area contributed by atoms with E-state index < -0.39 is 0 Å². The average molecular weight is 250 g/mol. The molecule has 2 aromatic rings. The number of hydrogen-bond donors (Lipinski definition) is 3. The molecule has 3 N–H and O–H groups in total. The van der Waals surface area contributed by atoms with E-state index in [0.29, 0.717) is 5.13 Å². The first kappa shape index (κ1) is 11.4. The molecule has 17 heavy (non-hydrogen) atoms. The molecule has 0 aliphatic carbocycles. The second-order valence-electron chi connectivity index (χ2n) is 3.45. The number of phenolic OH excluding ortho intramolecular Hbond substituents is 2. The summed E-state index contributed by atoms with van der Waals surface area (Å²) in [5.41, 5.74) is 1.09. The van der Waals surface area contributed by atoms with Crippen molar-refractivity contribution in [1.82, 2.24) is 4.98 Å². The molecule has 6 heteroatoms. The summed E-state index contributed by atoms with van der Waals surface area (Å²) in [5, 5.41) is 23.3. The zero-order valence-electron chi connectivity index (χ0n) is 8.97. The molecule has 1 amide bonds. The van der Waals surface area contributed by atoms with E-state index in [-0.39, 0.29) is 23.0 Å². The number of nitrogens with one attached hydrogen (secondary N) is 1. The summed E-state index contributed by atoms with van der Waals surface area (Å²) in [7, 11) is 0. The molecule has 1 aromatic heterocycles. The summed E-state index contributed by atoms with van der Waals surface area (Å²) in [4.78, 5) is 15.8. The first-order valence-corrected chi connectivity index (χ1v) is 5.69. The van der Waals surface area contributed by atoms with Crippen molar-refractivity contribution in [3.05, 3.63) is 34.8 Å². The fourth-order valence-electron chi connectivity index (χ4n) is 1.25. The Balaban J connectivity index is 2.17. The monoisotopic (exact) mass is 250 g/mol. The minimum Gasteiger partial charge on any atom is -0.504 e. The van der Waals surface area contributed by atoms with Gasteiger partial charge in [-0.15, -0.1) is 11.3 Å². The second kappa shape index (κ2) is 4.42. The van der Waals surface area contributed by atoms with Gasteiger partial charge in [-0.25, -0.2) is 4.98 Å². The van der Waals surface area contributed by atoms with E-state index in [2.05, 4.69) is 10.3 Å². The Morgan fingerprint density at radius 1 is 1.35 bits per heavy atom. The standard InChI is InChI=1S/C11H10N2O3S/c1-6-5-17-11(12-6)13-10(16)7-2-3-8(14)9(15)4-7/h2-5,14-15H,1H3,(H,12,13,16). The fourth-order valence-corrected chi connectivity index (χ4v) is 1.93. The minimum atomic E-state index is -0.380. The maximum absolute atomic E-state index is 11.7. The van der Waals surface area contributed by atoms with Gasteiger partial charge in [0.1, 0.15) is 0 Å². The molecule has 0 unspecified atom stereocenters. The molecule has 0 spiro atoms. The number of carbonyl (C=O) groups excluding carboxylic acids is 1. The van der Waals surface area contributed by atoms with E-state index in [0.717, 1.165) is 5.69 Å². The molecule has 0 radical (unpaired) electrons. The summed E-state index contributed by atoms with van der Waals surface area (Å²) in [6, 6.07) is 3.88. The Hall–Kier alpha value is -2.08. The normalized spacial score (nSPS) is 10.2. The van der Waals surface area contributed by atoms with E-state index in [1.54, 1.807) is 0 Å². The van der Waals surface area contributed by atoms with Crippen LogP contribution in [0.15, 0.2) is 23.6 Å². The van der Waals surface area contributed by atoms with Crippen LogP contribution in [0.5, 0.6) is 11.5 Å². The predicted octanol–water partition coefficient (Wildman–Crippen LogP) is 2.12. The van der Waals surface area contributed by atoms with Crippen molar-refractivity contribution in [2.45, 2.75) is 6.92 Å². The lowest BCUT2D eigenvalue weighted by atomic mass is 10.2.